The van der Waals surface area contributed by atoms with Crippen LogP contribution in [-0.2, 0) is 4.74 Å². The molecule has 0 saturated heterocycles. The minimum absolute atomic E-state index is 0.00972. The highest BCUT2D eigenvalue weighted by molar-refractivity contribution is 5.72. The number of aliphatic imine (C=N–C) groups is 1. The molecular formula is C4H8N2O2. The van der Waals surface area contributed by atoms with E-state index in [-0.39, 0.29) is 18.7 Å². The minimum atomic E-state index is -0.199. The van der Waals surface area contributed by atoms with Crippen LogP contribution in [-0.4, -0.2) is 30.4 Å². The van der Waals surface area contributed by atoms with Crippen molar-refractivity contribution in [2.75, 3.05) is 13.2 Å². The highest BCUT2D eigenvalue weighted by Gasteiger charge is 2.14. The number of aliphatic hydroxyl groups excluding tert-OH is 1. The van der Waals surface area contributed by atoms with Crippen molar-refractivity contribution in [2.24, 2.45) is 10.7 Å². The van der Waals surface area contributed by atoms with Gasteiger partial charge in [-0.3, -0.25) is 0 Å². The summed E-state index contributed by atoms with van der Waals surface area (Å²) in [5.41, 5.74) is 5.12. The predicted octanol–water partition coefficient (Wildman–Crippen LogP) is -1.31. The number of aliphatic hydroxyl groups is 1. The average Bonchev–Trinajstić information content (AvgIpc) is 2.14. The Labute approximate surface area is 47.0 Å². The van der Waals surface area contributed by atoms with Gasteiger partial charge < -0.3 is 15.6 Å². The third kappa shape index (κ3) is 0.894. The van der Waals surface area contributed by atoms with Crippen LogP contribution in [0.2, 0.25) is 0 Å². The van der Waals surface area contributed by atoms with Crippen LogP contribution in [0.3, 0.4) is 0 Å². The molecule has 46 valence electrons. The lowest BCUT2D eigenvalue weighted by Crippen LogP contribution is -2.20. The van der Waals surface area contributed by atoms with Gasteiger partial charge in [-0.05, 0) is 0 Å². The zero-order valence-electron chi connectivity index (χ0n) is 4.37. The molecule has 1 unspecified atom stereocenters. The first-order chi connectivity index (χ1) is 3.83. The molecule has 1 aliphatic heterocycles. The molecule has 0 amide bonds. The first-order valence-electron chi connectivity index (χ1n) is 2.40. The fraction of sp³-hybridized carbons (Fsp3) is 0.750. The van der Waals surface area contributed by atoms with E-state index >= 15 is 0 Å². The van der Waals surface area contributed by atoms with Crippen molar-refractivity contribution in [3.05, 3.63) is 0 Å². The highest BCUT2D eigenvalue weighted by Crippen LogP contribution is 1.98. The van der Waals surface area contributed by atoms with E-state index in [2.05, 4.69) is 4.99 Å². The van der Waals surface area contributed by atoms with Crippen LogP contribution in [0.5, 0.6) is 0 Å². The molecule has 1 heterocycles. The monoisotopic (exact) mass is 116 g/mol. The van der Waals surface area contributed by atoms with Gasteiger partial charge in [0.05, 0.1) is 13.2 Å². The minimum Gasteiger partial charge on any atom is -0.458 e. The Morgan fingerprint density at radius 1 is 2.00 bits per heavy atom. The first-order valence-corrected chi connectivity index (χ1v) is 2.40. The molecule has 4 nitrogen and oxygen atoms in total. The van der Waals surface area contributed by atoms with Gasteiger partial charge in [-0.15, -0.1) is 0 Å². The van der Waals surface area contributed by atoms with E-state index in [9.17, 15) is 0 Å². The molecule has 0 aromatic heterocycles. The molecule has 0 saturated carbocycles. The van der Waals surface area contributed by atoms with E-state index in [1.54, 1.807) is 0 Å². The van der Waals surface area contributed by atoms with E-state index in [4.69, 9.17) is 15.6 Å². The van der Waals surface area contributed by atoms with Gasteiger partial charge >= 0.3 is 0 Å². The van der Waals surface area contributed by atoms with Crippen LogP contribution in [0, 0.1) is 0 Å². The summed E-state index contributed by atoms with van der Waals surface area (Å²) in [5, 5.41) is 8.43. The molecule has 1 atom stereocenters. The van der Waals surface area contributed by atoms with Gasteiger partial charge in [0.2, 0.25) is 0 Å². The van der Waals surface area contributed by atoms with Crippen molar-refractivity contribution >= 4 is 6.02 Å². The van der Waals surface area contributed by atoms with Crippen LogP contribution in [0.1, 0.15) is 0 Å². The Morgan fingerprint density at radius 3 is 3.00 bits per heavy atom. The van der Waals surface area contributed by atoms with Crippen molar-refractivity contribution in [2.45, 2.75) is 6.10 Å². The lowest BCUT2D eigenvalue weighted by Gasteiger charge is -2.02. The molecule has 0 aromatic rings. The van der Waals surface area contributed by atoms with Crippen molar-refractivity contribution in [1.29, 1.82) is 0 Å². The topological polar surface area (TPSA) is 67.8 Å². The molecule has 0 spiro atoms. The van der Waals surface area contributed by atoms with Crippen molar-refractivity contribution in [1.82, 2.24) is 0 Å². The number of amidine groups is 1. The average molecular weight is 116 g/mol. The zero-order valence-corrected chi connectivity index (χ0v) is 4.37. The summed E-state index contributed by atoms with van der Waals surface area (Å²) in [4.78, 5) is 3.70. The summed E-state index contributed by atoms with van der Waals surface area (Å²) in [6.45, 7) is 0.479. The van der Waals surface area contributed by atoms with E-state index in [1.165, 1.54) is 0 Å². The van der Waals surface area contributed by atoms with Gasteiger partial charge in [-0.25, -0.2) is 4.99 Å². The Balaban J connectivity index is 2.32. The summed E-state index contributed by atoms with van der Waals surface area (Å²) in [6.07, 6.45) is -0.199. The molecular weight excluding hydrogens is 108 g/mol. The number of nitrogens with zero attached hydrogens (tertiary/aromatic N) is 1. The lowest BCUT2D eigenvalue weighted by atomic mass is 10.4. The van der Waals surface area contributed by atoms with Crippen molar-refractivity contribution < 1.29 is 9.84 Å². The van der Waals surface area contributed by atoms with Gasteiger partial charge in [0.1, 0.15) is 6.10 Å². The quantitative estimate of drug-likeness (QED) is 0.447. The number of ether oxygens (including phenoxy) is 1. The van der Waals surface area contributed by atoms with Crippen LogP contribution in [0.25, 0.3) is 0 Å². The van der Waals surface area contributed by atoms with Gasteiger partial charge in [0.15, 0.2) is 0 Å². The molecule has 3 N–H and O–H groups in total. The Morgan fingerprint density at radius 2 is 2.75 bits per heavy atom. The Bertz CT molecular complexity index is 113. The van der Waals surface area contributed by atoms with E-state index in [1.807, 2.05) is 0 Å². The van der Waals surface area contributed by atoms with Crippen LogP contribution < -0.4 is 5.73 Å². The molecule has 4 heteroatoms. The maximum atomic E-state index is 8.43. The maximum Gasteiger partial charge on any atom is 0.282 e. The van der Waals surface area contributed by atoms with E-state index < -0.39 is 0 Å². The summed E-state index contributed by atoms with van der Waals surface area (Å²) in [7, 11) is 0. The molecule has 0 bridgehead atoms. The SMILES string of the molecule is NC1=NCC(CO)O1. The predicted molar refractivity (Wildman–Crippen MR) is 28.4 cm³/mol. The third-order valence-corrected chi connectivity index (χ3v) is 0.942. The normalized spacial score (nSPS) is 27.1. The summed E-state index contributed by atoms with van der Waals surface area (Å²) in [6, 6.07) is 0.184. The second kappa shape index (κ2) is 2.00. The molecule has 1 rings (SSSR count). The second-order valence-electron chi connectivity index (χ2n) is 1.60. The number of hydrogen-bond donors (Lipinski definition) is 2. The van der Waals surface area contributed by atoms with E-state index in [0.717, 1.165) is 0 Å². The number of nitrogens with two attached hydrogens (primary N) is 1. The van der Waals surface area contributed by atoms with Crippen LogP contribution in [0.15, 0.2) is 4.99 Å². The maximum absolute atomic E-state index is 8.43. The molecule has 0 radical (unpaired) electrons. The highest BCUT2D eigenvalue weighted by atomic mass is 16.5. The van der Waals surface area contributed by atoms with Gasteiger partial charge in [0.25, 0.3) is 6.02 Å². The zero-order chi connectivity index (χ0) is 5.98. The van der Waals surface area contributed by atoms with Crippen LogP contribution in [0.4, 0.5) is 0 Å². The fourth-order valence-corrected chi connectivity index (χ4v) is 0.532. The van der Waals surface area contributed by atoms with Gasteiger partial charge in [-0.1, -0.05) is 0 Å². The van der Waals surface area contributed by atoms with E-state index in [0.29, 0.717) is 6.54 Å². The molecule has 0 aromatic carbocycles. The number of hydrogen-bond acceptors (Lipinski definition) is 4. The second-order valence-corrected chi connectivity index (χ2v) is 1.60. The smallest absolute Gasteiger partial charge is 0.282 e. The summed E-state index contributed by atoms with van der Waals surface area (Å²) < 4.78 is 4.79. The summed E-state index contributed by atoms with van der Waals surface area (Å²) in [5.74, 6) is 0. The molecule has 8 heavy (non-hydrogen) atoms. The molecule has 0 fully saturated rings. The lowest BCUT2D eigenvalue weighted by molar-refractivity contribution is 0.128. The standard InChI is InChI=1S/C4H8N2O2/c5-4-6-1-3(2-7)8-4/h3,7H,1-2H2,(H2,5,6). The Kier molecular flexibility index (Phi) is 1.34. The van der Waals surface area contributed by atoms with Crippen molar-refractivity contribution in [3.63, 3.8) is 0 Å². The summed E-state index contributed by atoms with van der Waals surface area (Å²) >= 11 is 0. The largest absolute Gasteiger partial charge is 0.458 e. The Hall–Kier alpha value is -0.770. The number of rotatable bonds is 1. The third-order valence-electron chi connectivity index (χ3n) is 0.942. The van der Waals surface area contributed by atoms with Gasteiger partial charge in [0, 0.05) is 0 Å². The van der Waals surface area contributed by atoms with Gasteiger partial charge in [-0.2, -0.15) is 0 Å². The van der Waals surface area contributed by atoms with Crippen LogP contribution >= 0.6 is 0 Å². The fourth-order valence-electron chi connectivity index (χ4n) is 0.532. The molecule has 1 aliphatic rings. The van der Waals surface area contributed by atoms with Crippen molar-refractivity contribution in [3.8, 4) is 0 Å². The molecule has 0 aliphatic carbocycles. The first kappa shape index (κ1) is 5.37.